The van der Waals surface area contributed by atoms with Crippen molar-refractivity contribution in [2.24, 2.45) is 5.10 Å². The topological polar surface area (TPSA) is 72.8 Å². The smallest absolute Gasteiger partial charge is 0.271 e. The quantitative estimate of drug-likeness (QED) is 0.679. The van der Waals surface area contributed by atoms with E-state index in [1.807, 2.05) is 0 Å². The summed E-state index contributed by atoms with van der Waals surface area (Å²) in [7, 11) is 3.05. The van der Waals surface area contributed by atoms with Gasteiger partial charge >= 0.3 is 0 Å². The van der Waals surface area contributed by atoms with E-state index in [-0.39, 0.29) is 5.91 Å². The summed E-state index contributed by atoms with van der Waals surface area (Å²) in [5, 5.41) is 4.31. The Kier molecular flexibility index (Phi) is 5.32. The van der Waals surface area contributed by atoms with Crippen molar-refractivity contribution in [3.05, 3.63) is 52.8 Å². The van der Waals surface area contributed by atoms with Crippen LogP contribution in [0, 0.1) is 0 Å². The molecule has 6 nitrogen and oxygen atoms in total. The Morgan fingerprint density at radius 3 is 2.50 bits per heavy atom. The highest BCUT2D eigenvalue weighted by Gasteiger charge is 2.08. The number of hydrazone groups is 1. The van der Waals surface area contributed by atoms with Crippen LogP contribution in [0.4, 0.5) is 0 Å². The highest BCUT2D eigenvalue weighted by atomic mass is 35.5. The van der Waals surface area contributed by atoms with Gasteiger partial charge in [-0.1, -0.05) is 11.6 Å². The standard InChI is InChI=1S/C15H14ClN3O3/c1-21-13-7-11(12(16)8-14(13)22-2)9-18-19-15(20)10-3-5-17-6-4-10/h3-9H,1-2H3,(H,19,20)/b18-9+. The highest BCUT2D eigenvalue weighted by molar-refractivity contribution is 6.33. The van der Waals surface area contributed by atoms with E-state index in [1.54, 1.807) is 24.3 Å². The van der Waals surface area contributed by atoms with Gasteiger partial charge in [0.2, 0.25) is 0 Å². The molecule has 0 atom stereocenters. The number of hydrogen-bond donors (Lipinski definition) is 1. The van der Waals surface area contributed by atoms with Crippen molar-refractivity contribution in [3.8, 4) is 11.5 Å². The number of nitrogens with zero attached hydrogens (tertiary/aromatic N) is 2. The number of hydrogen-bond acceptors (Lipinski definition) is 5. The van der Waals surface area contributed by atoms with Crippen LogP contribution in [0.15, 0.2) is 41.8 Å². The highest BCUT2D eigenvalue weighted by Crippen LogP contribution is 2.32. The number of methoxy groups -OCH3 is 2. The summed E-state index contributed by atoms with van der Waals surface area (Å²) in [5.74, 6) is 0.703. The van der Waals surface area contributed by atoms with Crippen LogP contribution >= 0.6 is 11.6 Å². The van der Waals surface area contributed by atoms with E-state index < -0.39 is 0 Å². The minimum atomic E-state index is -0.338. The lowest BCUT2D eigenvalue weighted by Gasteiger charge is -2.09. The third-order valence-corrected chi connectivity index (χ3v) is 3.14. The van der Waals surface area contributed by atoms with E-state index in [2.05, 4.69) is 15.5 Å². The summed E-state index contributed by atoms with van der Waals surface area (Å²) < 4.78 is 10.3. The molecule has 1 aromatic heterocycles. The molecular weight excluding hydrogens is 306 g/mol. The Hall–Kier alpha value is -2.60. The molecule has 1 amide bonds. The maximum Gasteiger partial charge on any atom is 0.271 e. The second-order valence-electron chi connectivity index (χ2n) is 4.16. The van der Waals surface area contributed by atoms with Crippen molar-refractivity contribution >= 4 is 23.7 Å². The fourth-order valence-electron chi connectivity index (χ4n) is 1.70. The molecule has 7 heteroatoms. The van der Waals surface area contributed by atoms with Gasteiger partial charge in [0.1, 0.15) is 0 Å². The van der Waals surface area contributed by atoms with E-state index in [0.29, 0.717) is 27.6 Å². The van der Waals surface area contributed by atoms with E-state index in [4.69, 9.17) is 21.1 Å². The van der Waals surface area contributed by atoms with Gasteiger partial charge in [-0.05, 0) is 18.2 Å². The first-order valence-electron chi connectivity index (χ1n) is 6.30. The lowest BCUT2D eigenvalue weighted by atomic mass is 10.2. The van der Waals surface area contributed by atoms with Crippen LogP contribution in [-0.2, 0) is 0 Å². The van der Waals surface area contributed by atoms with Crippen molar-refractivity contribution in [1.82, 2.24) is 10.4 Å². The normalized spacial score (nSPS) is 10.5. The van der Waals surface area contributed by atoms with Crippen LogP contribution in [0.3, 0.4) is 0 Å². The average molecular weight is 320 g/mol. The van der Waals surface area contributed by atoms with Gasteiger partial charge in [0.25, 0.3) is 5.91 Å². The van der Waals surface area contributed by atoms with Crippen molar-refractivity contribution in [3.63, 3.8) is 0 Å². The molecule has 0 spiro atoms. The molecule has 1 N–H and O–H groups in total. The predicted molar refractivity (Wildman–Crippen MR) is 83.9 cm³/mol. The molecule has 0 saturated heterocycles. The molecule has 2 aromatic rings. The van der Waals surface area contributed by atoms with Gasteiger partial charge in [-0.25, -0.2) is 5.43 Å². The third kappa shape index (κ3) is 3.73. The lowest BCUT2D eigenvalue weighted by Crippen LogP contribution is -2.17. The van der Waals surface area contributed by atoms with Gasteiger partial charge in [-0.2, -0.15) is 5.10 Å². The zero-order chi connectivity index (χ0) is 15.9. The van der Waals surface area contributed by atoms with Gasteiger partial charge in [-0.3, -0.25) is 9.78 Å². The fourth-order valence-corrected chi connectivity index (χ4v) is 1.90. The number of carbonyl (C=O) groups excluding carboxylic acids is 1. The first-order valence-corrected chi connectivity index (χ1v) is 6.68. The van der Waals surface area contributed by atoms with E-state index in [1.165, 1.54) is 32.8 Å². The van der Waals surface area contributed by atoms with E-state index in [0.717, 1.165) is 0 Å². The van der Waals surface area contributed by atoms with Crippen LogP contribution in [0.2, 0.25) is 5.02 Å². The molecule has 0 aliphatic heterocycles. The number of aromatic nitrogens is 1. The first-order chi connectivity index (χ1) is 10.7. The maximum atomic E-state index is 11.8. The van der Waals surface area contributed by atoms with Crippen molar-refractivity contribution < 1.29 is 14.3 Å². The molecule has 0 saturated carbocycles. The van der Waals surface area contributed by atoms with Crippen LogP contribution in [0.1, 0.15) is 15.9 Å². The molecule has 0 bridgehead atoms. The van der Waals surface area contributed by atoms with Gasteiger partial charge in [0.15, 0.2) is 11.5 Å². The molecule has 0 aliphatic carbocycles. The molecule has 0 fully saturated rings. The van der Waals surface area contributed by atoms with E-state index in [9.17, 15) is 4.79 Å². The summed E-state index contributed by atoms with van der Waals surface area (Å²) in [4.78, 5) is 15.7. The summed E-state index contributed by atoms with van der Waals surface area (Å²) in [6, 6.07) is 6.47. The van der Waals surface area contributed by atoms with Gasteiger partial charge in [-0.15, -0.1) is 0 Å². The summed E-state index contributed by atoms with van der Waals surface area (Å²) in [5.41, 5.74) is 3.47. The second-order valence-corrected chi connectivity index (χ2v) is 4.57. The monoisotopic (exact) mass is 319 g/mol. The van der Waals surface area contributed by atoms with Gasteiger partial charge < -0.3 is 9.47 Å². The molecule has 1 aromatic carbocycles. The number of rotatable bonds is 5. The number of benzene rings is 1. The van der Waals surface area contributed by atoms with Crippen LogP contribution in [0.25, 0.3) is 0 Å². The number of carbonyl (C=O) groups is 1. The number of pyridine rings is 1. The fraction of sp³-hybridized carbons (Fsp3) is 0.133. The third-order valence-electron chi connectivity index (χ3n) is 2.82. The Labute approximate surface area is 132 Å². The second kappa shape index (κ2) is 7.42. The number of ether oxygens (including phenoxy) is 2. The summed E-state index contributed by atoms with van der Waals surface area (Å²) >= 11 is 6.12. The Morgan fingerprint density at radius 2 is 1.86 bits per heavy atom. The molecule has 22 heavy (non-hydrogen) atoms. The van der Waals surface area contributed by atoms with Crippen LogP contribution in [-0.4, -0.2) is 31.3 Å². The maximum absolute atomic E-state index is 11.8. The number of halogens is 1. The van der Waals surface area contributed by atoms with Crippen LogP contribution < -0.4 is 14.9 Å². The van der Waals surface area contributed by atoms with Gasteiger partial charge in [0.05, 0.1) is 25.5 Å². The largest absolute Gasteiger partial charge is 0.493 e. The van der Waals surface area contributed by atoms with Crippen molar-refractivity contribution in [2.45, 2.75) is 0 Å². The molecule has 114 valence electrons. The average Bonchev–Trinajstić information content (AvgIpc) is 2.56. The summed E-state index contributed by atoms with van der Waals surface area (Å²) in [6.07, 6.45) is 4.50. The molecule has 0 radical (unpaired) electrons. The number of amides is 1. The molecule has 0 unspecified atom stereocenters. The number of nitrogens with one attached hydrogen (secondary N) is 1. The van der Waals surface area contributed by atoms with Crippen molar-refractivity contribution in [2.75, 3.05) is 14.2 Å². The SMILES string of the molecule is COc1cc(Cl)c(/C=N/NC(=O)c2ccncc2)cc1OC. The molecule has 1 heterocycles. The zero-order valence-electron chi connectivity index (χ0n) is 12.0. The van der Waals surface area contributed by atoms with Crippen LogP contribution in [0.5, 0.6) is 11.5 Å². The Balaban J connectivity index is 2.12. The first kappa shape index (κ1) is 15.8. The predicted octanol–water partition coefficient (Wildman–Crippen LogP) is 2.52. The van der Waals surface area contributed by atoms with Crippen molar-refractivity contribution in [1.29, 1.82) is 0 Å². The minimum absolute atomic E-state index is 0.338. The zero-order valence-corrected chi connectivity index (χ0v) is 12.8. The summed E-state index contributed by atoms with van der Waals surface area (Å²) in [6.45, 7) is 0. The Morgan fingerprint density at radius 1 is 1.23 bits per heavy atom. The minimum Gasteiger partial charge on any atom is -0.493 e. The lowest BCUT2D eigenvalue weighted by molar-refractivity contribution is 0.0955. The molecular formula is C15H14ClN3O3. The van der Waals surface area contributed by atoms with E-state index >= 15 is 0 Å². The van der Waals surface area contributed by atoms with Gasteiger partial charge in [0, 0.05) is 29.6 Å². The molecule has 0 aliphatic rings. The molecule has 2 rings (SSSR count). The Bertz CT molecular complexity index is 690.